The quantitative estimate of drug-likeness (QED) is 0.775. The molecule has 0 bridgehead atoms. The van der Waals surface area contributed by atoms with Gasteiger partial charge >= 0.3 is 0 Å². The first-order chi connectivity index (χ1) is 8.74. The molecule has 3 rings (SSSR count). The molecule has 0 N–H and O–H groups in total. The first-order valence-corrected chi connectivity index (χ1v) is 7.55. The van der Waals surface area contributed by atoms with Crippen LogP contribution in [0.2, 0.25) is 0 Å². The van der Waals surface area contributed by atoms with Gasteiger partial charge in [-0.25, -0.2) is 4.98 Å². The molecule has 1 amide bonds. The lowest BCUT2D eigenvalue weighted by Gasteiger charge is -2.20. The van der Waals surface area contributed by atoms with E-state index in [0.29, 0.717) is 0 Å². The van der Waals surface area contributed by atoms with Gasteiger partial charge in [0, 0.05) is 38.0 Å². The fraction of sp³-hybridized carbons (Fsp3) is 0.692. The number of amides is 1. The number of aromatic nitrogens is 1. The van der Waals surface area contributed by atoms with Crippen LogP contribution in [0.5, 0.6) is 0 Å². The van der Waals surface area contributed by atoms with E-state index in [1.54, 1.807) is 6.92 Å². The molecule has 1 aromatic heterocycles. The number of aryl methyl sites for hydroxylation is 2. The van der Waals surface area contributed by atoms with Crippen molar-refractivity contribution in [3.05, 3.63) is 10.6 Å². The Balaban J connectivity index is 1.70. The highest BCUT2D eigenvalue weighted by Gasteiger charge is 2.22. The molecule has 0 spiro atoms. The van der Waals surface area contributed by atoms with Crippen molar-refractivity contribution in [2.75, 3.05) is 31.1 Å². The smallest absolute Gasteiger partial charge is 0.219 e. The van der Waals surface area contributed by atoms with Crippen molar-refractivity contribution < 1.29 is 4.79 Å². The summed E-state index contributed by atoms with van der Waals surface area (Å²) in [6, 6.07) is 0. The minimum Gasteiger partial charge on any atom is -0.346 e. The summed E-state index contributed by atoms with van der Waals surface area (Å²) in [7, 11) is 0. The second-order valence-corrected chi connectivity index (χ2v) is 6.13. The van der Waals surface area contributed by atoms with Crippen LogP contribution in [0.1, 0.15) is 30.3 Å². The van der Waals surface area contributed by atoms with Crippen molar-refractivity contribution in [2.24, 2.45) is 0 Å². The standard InChI is InChI=1S/C13H19N3OS/c1-10(17)15-6-3-7-16(9-8-15)13-14-11-4-2-5-12(11)18-13/h2-9H2,1H3. The average molecular weight is 265 g/mol. The number of thiazole rings is 1. The Hall–Kier alpha value is -1.10. The lowest BCUT2D eigenvalue weighted by molar-refractivity contribution is -0.128. The van der Waals surface area contributed by atoms with Crippen molar-refractivity contribution >= 4 is 22.4 Å². The lowest BCUT2D eigenvalue weighted by Crippen LogP contribution is -2.33. The van der Waals surface area contributed by atoms with E-state index in [2.05, 4.69) is 4.90 Å². The molecule has 2 aliphatic rings. The molecule has 18 heavy (non-hydrogen) atoms. The van der Waals surface area contributed by atoms with Crippen molar-refractivity contribution in [1.82, 2.24) is 9.88 Å². The van der Waals surface area contributed by atoms with E-state index in [9.17, 15) is 4.79 Å². The van der Waals surface area contributed by atoms with Crippen LogP contribution in [0, 0.1) is 0 Å². The van der Waals surface area contributed by atoms with E-state index < -0.39 is 0 Å². The van der Waals surface area contributed by atoms with Gasteiger partial charge < -0.3 is 9.80 Å². The second-order valence-electron chi connectivity index (χ2n) is 5.07. The van der Waals surface area contributed by atoms with Gasteiger partial charge in [0.05, 0.1) is 5.69 Å². The molecule has 0 radical (unpaired) electrons. The molecule has 1 aromatic rings. The van der Waals surface area contributed by atoms with Gasteiger partial charge in [-0.15, -0.1) is 11.3 Å². The van der Waals surface area contributed by atoms with Gasteiger partial charge in [-0.05, 0) is 25.7 Å². The maximum atomic E-state index is 11.4. The topological polar surface area (TPSA) is 36.4 Å². The summed E-state index contributed by atoms with van der Waals surface area (Å²) in [4.78, 5) is 22.0. The third kappa shape index (κ3) is 2.23. The zero-order chi connectivity index (χ0) is 12.5. The molecule has 98 valence electrons. The normalized spacial score (nSPS) is 19.8. The van der Waals surface area contributed by atoms with E-state index in [4.69, 9.17) is 4.98 Å². The van der Waals surface area contributed by atoms with E-state index in [1.165, 1.54) is 28.5 Å². The van der Waals surface area contributed by atoms with Gasteiger partial charge in [-0.2, -0.15) is 0 Å². The molecule has 0 aromatic carbocycles. The van der Waals surface area contributed by atoms with Gasteiger partial charge in [0.15, 0.2) is 5.13 Å². The Morgan fingerprint density at radius 2 is 2.06 bits per heavy atom. The Morgan fingerprint density at radius 3 is 2.83 bits per heavy atom. The SMILES string of the molecule is CC(=O)N1CCCN(c2nc3c(s2)CCC3)CC1. The number of rotatable bonds is 1. The van der Waals surface area contributed by atoms with Gasteiger partial charge in [0.2, 0.25) is 5.91 Å². The van der Waals surface area contributed by atoms with E-state index >= 15 is 0 Å². The highest BCUT2D eigenvalue weighted by Crippen LogP contribution is 2.32. The van der Waals surface area contributed by atoms with Crippen molar-refractivity contribution in [2.45, 2.75) is 32.6 Å². The number of hydrogen-bond acceptors (Lipinski definition) is 4. The van der Waals surface area contributed by atoms with Crippen molar-refractivity contribution in [3.63, 3.8) is 0 Å². The molecule has 5 heteroatoms. The van der Waals surface area contributed by atoms with Crippen LogP contribution in [-0.4, -0.2) is 42.0 Å². The molecule has 4 nitrogen and oxygen atoms in total. The van der Waals surface area contributed by atoms with E-state index in [0.717, 1.165) is 39.0 Å². The van der Waals surface area contributed by atoms with Gasteiger partial charge in [-0.1, -0.05) is 0 Å². The minimum atomic E-state index is 0.193. The summed E-state index contributed by atoms with van der Waals surface area (Å²) in [6.45, 7) is 5.33. The summed E-state index contributed by atoms with van der Waals surface area (Å²) in [5, 5.41) is 1.17. The number of anilines is 1. The average Bonchev–Trinajstić information content (AvgIpc) is 2.82. The largest absolute Gasteiger partial charge is 0.346 e. The lowest BCUT2D eigenvalue weighted by atomic mass is 10.4. The molecular weight excluding hydrogens is 246 g/mol. The summed E-state index contributed by atoms with van der Waals surface area (Å²) >= 11 is 1.86. The molecular formula is C13H19N3OS. The fourth-order valence-electron chi connectivity index (χ4n) is 2.74. The second kappa shape index (κ2) is 4.88. The monoisotopic (exact) mass is 265 g/mol. The Labute approximate surface area is 112 Å². The summed E-state index contributed by atoms with van der Waals surface area (Å²) in [5.74, 6) is 0.193. The zero-order valence-corrected chi connectivity index (χ0v) is 11.6. The maximum absolute atomic E-state index is 11.4. The van der Waals surface area contributed by atoms with Crippen LogP contribution >= 0.6 is 11.3 Å². The molecule has 0 atom stereocenters. The van der Waals surface area contributed by atoms with Crippen LogP contribution in [0.25, 0.3) is 0 Å². The summed E-state index contributed by atoms with van der Waals surface area (Å²) in [5.41, 5.74) is 1.32. The maximum Gasteiger partial charge on any atom is 0.219 e. The fourth-order valence-corrected chi connectivity index (χ4v) is 3.94. The van der Waals surface area contributed by atoms with Crippen molar-refractivity contribution in [1.29, 1.82) is 0 Å². The Morgan fingerprint density at radius 1 is 1.17 bits per heavy atom. The van der Waals surface area contributed by atoms with E-state index in [1.807, 2.05) is 16.2 Å². The molecule has 0 saturated carbocycles. The number of nitrogens with zero attached hydrogens (tertiary/aromatic N) is 3. The number of carbonyl (C=O) groups is 1. The molecule has 2 heterocycles. The summed E-state index contributed by atoms with van der Waals surface area (Å²) in [6.07, 6.45) is 4.68. The van der Waals surface area contributed by atoms with E-state index in [-0.39, 0.29) is 5.91 Å². The Kier molecular flexibility index (Phi) is 3.24. The molecule has 1 aliphatic heterocycles. The van der Waals surface area contributed by atoms with Crippen LogP contribution < -0.4 is 4.90 Å². The molecule has 1 fully saturated rings. The molecule has 1 saturated heterocycles. The number of fused-ring (bicyclic) bond motifs is 1. The first-order valence-electron chi connectivity index (χ1n) is 6.73. The first kappa shape index (κ1) is 12.0. The number of hydrogen-bond donors (Lipinski definition) is 0. The molecule has 0 unspecified atom stereocenters. The highest BCUT2D eigenvalue weighted by atomic mass is 32.1. The third-order valence-electron chi connectivity index (χ3n) is 3.80. The van der Waals surface area contributed by atoms with Gasteiger partial charge in [-0.3, -0.25) is 4.79 Å². The van der Waals surface area contributed by atoms with Crippen LogP contribution in [-0.2, 0) is 17.6 Å². The van der Waals surface area contributed by atoms with Crippen LogP contribution in [0.3, 0.4) is 0 Å². The van der Waals surface area contributed by atoms with Gasteiger partial charge in [0.1, 0.15) is 0 Å². The van der Waals surface area contributed by atoms with Crippen molar-refractivity contribution in [3.8, 4) is 0 Å². The van der Waals surface area contributed by atoms with Gasteiger partial charge in [0.25, 0.3) is 0 Å². The highest BCUT2D eigenvalue weighted by molar-refractivity contribution is 7.15. The zero-order valence-electron chi connectivity index (χ0n) is 10.8. The predicted molar refractivity (Wildman–Crippen MR) is 73.2 cm³/mol. The molecule has 1 aliphatic carbocycles. The minimum absolute atomic E-state index is 0.193. The third-order valence-corrected chi connectivity index (χ3v) is 5.01. The number of carbonyl (C=O) groups excluding carboxylic acids is 1. The van der Waals surface area contributed by atoms with Crippen LogP contribution in [0.4, 0.5) is 5.13 Å². The predicted octanol–water partition coefficient (Wildman–Crippen LogP) is 1.69. The summed E-state index contributed by atoms with van der Waals surface area (Å²) < 4.78 is 0. The Bertz CT molecular complexity index is 436. The van der Waals surface area contributed by atoms with Crippen LogP contribution in [0.15, 0.2) is 0 Å².